The van der Waals surface area contributed by atoms with Crippen molar-refractivity contribution in [2.75, 3.05) is 13.2 Å². The summed E-state index contributed by atoms with van der Waals surface area (Å²) < 4.78 is 41.4. The van der Waals surface area contributed by atoms with E-state index >= 15 is 0 Å². The van der Waals surface area contributed by atoms with Crippen molar-refractivity contribution in [3.05, 3.63) is 11.4 Å². The van der Waals surface area contributed by atoms with Crippen LogP contribution in [0.5, 0.6) is 0 Å². The zero-order valence-electron chi connectivity index (χ0n) is 9.85. The van der Waals surface area contributed by atoms with Crippen molar-refractivity contribution in [1.82, 2.24) is 15.0 Å². The molecule has 1 saturated carbocycles. The summed E-state index contributed by atoms with van der Waals surface area (Å²) >= 11 is 0. The predicted molar refractivity (Wildman–Crippen MR) is 55.8 cm³/mol. The molecule has 6 nitrogen and oxygen atoms in total. The van der Waals surface area contributed by atoms with Crippen LogP contribution in [0.1, 0.15) is 34.9 Å². The van der Waals surface area contributed by atoms with Crippen molar-refractivity contribution in [3.63, 3.8) is 0 Å². The number of rotatable bonds is 6. The Morgan fingerprint density at radius 1 is 1.47 bits per heavy atom. The smallest absolute Gasteiger partial charge is 0.411 e. The number of carboxylic acid groups (broad SMARTS) is 1. The van der Waals surface area contributed by atoms with E-state index in [-0.39, 0.29) is 24.8 Å². The Hall–Kier alpha value is -1.64. The lowest BCUT2D eigenvalue weighted by atomic mass is 10.2. The van der Waals surface area contributed by atoms with Gasteiger partial charge in [0.1, 0.15) is 6.61 Å². The number of aromatic nitrogens is 3. The lowest BCUT2D eigenvalue weighted by molar-refractivity contribution is -0.174. The van der Waals surface area contributed by atoms with Crippen LogP contribution in [0.25, 0.3) is 0 Å². The Morgan fingerprint density at radius 2 is 2.16 bits per heavy atom. The van der Waals surface area contributed by atoms with Gasteiger partial charge < -0.3 is 9.84 Å². The number of nitrogens with zero attached hydrogens (tertiary/aromatic N) is 3. The molecule has 0 radical (unpaired) electrons. The summed E-state index contributed by atoms with van der Waals surface area (Å²) in [6, 6.07) is 0. The highest BCUT2D eigenvalue weighted by atomic mass is 19.4. The van der Waals surface area contributed by atoms with Gasteiger partial charge in [-0.3, -0.25) is 0 Å². The van der Waals surface area contributed by atoms with Crippen molar-refractivity contribution in [2.24, 2.45) is 0 Å². The Morgan fingerprint density at radius 3 is 2.68 bits per heavy atom. The van der Waals surface area contributed by atoms with E-state index in [2.05, 4.69) is 15.0 Å². The van der Waals surface area contributed by atoms with Gasteiger partial charge in [0.2, 0.25) is 0 Å². The second-order valence-corrected chi connectivity index (χ2v) is 4.29. The van der Waals surface area contributed by atoms with Gasteiger partial charge in [0.25, 0.3) is 0 Å². The molecular formula is C10H12F3N3O3. The molecule has 1 aromatic heterocycles. The first kappa shape index (κ1) is 13.8. The lowest BCUT2D eigenvalue weighted by Gasteiger charge is -2.09. The number of carboxylic acids is 1. The molecule has 1 heterocycles. The molecule has 0 amide bonds. The normalized spacial score (nSPS) is 15.7. The fourth-order valence-electron chi connectivity index (χ4n) is 1.74. The molecule has 19 heavy (non-hydrogen) atoms. The summed E-state index contributed by atoms with van der Waals surface area (Å²) in [5, 5.41) is 16.1. The average molecular weight is 279 g/mol. The third-order valence-corrected chi connectivity index (χ3v) is 2.65. The molecule has 0 bridgehead atoms. The molecule has 2 rings (SSSR count). The number of carbonyl (C=O) groups is 1. The van der Waals surface area contributed by atoms with Gasteiger partial charge in [-0.15, -0.1) is 5.10 Å². The quantitative estimate of drug-likeness (QED) is 0.797. The van der Waals surface area contributed by atoms with E-state index in [1.165, 1.54) is 4.68 Å². The van der Waals surface area contributed by atoms with Gasteiger partial charge in [-0.1, -0.05) is 5.21 Å². The maximum atomic E-state index is 11.9. The summed E-state index contributed by atoms with van der Waals surface area (Å²) in [4.78, 5) is 10.9. The maximum Gasteiger partial charge on any atom is 0.411 e. The number of halogens is 3. The summed E-state index contributed by atoms with van der Waals surface area (Å²) in [5.41, 5.74) is 0.349. The van der Waals surface area contributed by atoms with Crippen molar-refractivity contribution in [1.29, 1.82) is 0 Å². The predicted octanol–water partition coefficient (Wildman–Crippen LogP) is 1.43. The summed E-state index contributed by atoms with van der Waals surface area (Å²) in [5.74, 6) is -1.09. The number of ether oxygens (including phenoxy) is 1. The van der Waals surface area contributed by atoms with E-state index in [4.69, 9.17) is 5.11 Å². The van der Waals surface area contributed by atoms with Gasteiger partial charge in [-0.25, -0.2) is 9.48 Å². The van der Waals surface area contributed by atoms with Crippen molar-refractivity contribution >= 4 is 5.97 Å². The fourth-order valence-corrected chi connectivity index (χ4v) is 1.74. The van der Waals surface area contributed by atoms with Crippen molar-refractivity contribution in [2.45, 2.75) is 31.5 Å². The molecule has 0 spiro atoms. The molecule has 0 atom stereocenters. The van der Waals surface area contributed by atoms with E-state index in [0.717, 1.165) is 12.8 Å². The first-order valence-electron chi connectivity index (χ1n) is 5.69. The third kappa shape index (κ3) is 3.66. The molecule has 1 aliphatic rings. The number of aromatic carboxylic acids is 1. The second kappa shape index (κ2) is 5.16. The molecule has 1 aromatic rings. The van der Waals surface area contributed by atoms with Gasteiger partial charge in [-0.05, 0) is 12.8 Å². The zero-order valence-corrected chi connectivity index (χ0v) is 9.85. The van der Waals surface area contributed by atoms with Gasteiger partial charge in [0.05, 0.1) is 18.8 Å². The van der Waals surface area contributed by atoms with E-state index in [9.17, 15) is 18.0 Å². The average Bonchev–Trinajstić information content (AvgIpc) is 3.03. The number of alkyl halides is 3. The van der Waals surface area contributed by atoms with Gasteiger partial charge in [0.15, 0.2) is 5.69 Å². The van der Waals surface area contributed by atoms with E-state index in [1.54, 1.807) is 0 Å². The second-order valence-electron chi connectivity index (χ2n) is 4.29. The molecule has 0 unspecified atom stereocenters. The van der Waals surface area contributed by atoms with Crippen LogP contribution in [0.4, 0.5) is 13.2 Å². The summed E-state index contributed by atoms with van der Waals surface area (Å²) in [7, 11) is 0. The first-order valence-corrected chi connectivity index (χ1v) is 5.69. The highest BCUT2D eigenvalue weighted by Gasteiger charge is 2.33. The Labute approximate surface area is 106 Å². The zero-order chi connectivity index (χ0) is 14.0. The molecule has 0 aliphatic heterocycles. The summed E-state index contributed by atoms with van der Waals surface area (Å²) in [6.07, 6.45) is -2.68. The molecule has 0 saturated heterocycles. The minimum Gasteiger partial charge on any atom is -0.476 e. The topological polar surface area (TPSA) is 77.2 Å². The molecule has 106 valence electrons. The monoisotopic (exact) mass is 279 g/mol. The Kier molecular flexibility index (Phi) is 3.74. The van der Waals surface area contributed by atoms with Crippen molar-refractivity contribution in [3.8, 4) is 0 Å². The Balaban J connectivity index is 1.95. The van der Waals surface area contributed by atoms with Gasteiger partial charge >= 0.3 is 12.1 Å². The van der Waals surface area contributed by atoms with Crippen LogP contribution in [-0.2, 0) is 11.3 Å². The standard InChI is InChI=1S/C10H12F3N3O3/c11-10(12,13)5-19-4-3-16-8(6-1-2-6)7(9(17)18)14-15-16/h6H,1-5H2,(H,17,18). The minimum atomic E-state index is -4.37. The van der Waals surface area contributed by atoms with Crippen LogP contribution in [-0.4, -0.2) is 45.5 Å². The highest BCUT2D eigenvalue weighted by molar-refractivity contribution is 5.86. The Bertz CT molecular complexity index is 468. The van der Waals surface area contributed by atoms with Crippen LogP contribution < -0.4 is 0 Å². The number of hydrogen-bond donors (Lipinski definition) is 1. The van der Waals surface area contributed by atoms with Gasteiger partial charge in [0, 0.05) is 5.92 Å². The van der Waals surface area contributed by atoms with Crippen LogP contribution in [0.2, 0.25) is 0 Å². The molecular weight excluding hydrogens is 267 g/mol. The first-order chi connectivity index (χ1) is 8.88. The molecule has 1 fully saturated rings. The SMILES string of the molecule is O=C(O)c1nnn(CCOCC(F)(F)F)c1C1CC1. The lowest BCUT2D eigenvalue weighted by Crippen LogP contribution is -2.20. The molecule has 1 N–H and O–H groups in total. The van der Waals surface area contributed by atoms with Crippen LogP contribution in [0.3, 0.4) is 0 Å². The molecule has 1 aliphatic carbocycles. The van der Waals surface area contributed by atoms with E-state index in [1.807, 2.05) is 0 Å². The van der Waals surface area contributed by atoms with Crippen LogP contribution in [0, 0.1) is 0 Å². The largest absolute Gasteiger partial charge is 0.476 e. The van der Waals surface area contributed by atoms with E-state index < -0.39 is 18.8 Å². The summed E-state index contributed by atoms with van der Waals surface area (Å²) in [6.45, 7) is -1.46. The third-order valence-electron chi connectivity index (χ3n) is 2.65. The minimum absolute atomic E-state index is 0.0577. The van der Waals surface area contributed by atoms with Crippen molar-refractivity contribution < 1.29 is 27.8 Å². The van der Waals surface area contributed by atoms with Crippen LogP contribution >= 0.6 is 0 Å². The van der Waals surface area contributed by atoms with E-state index in [0.29, 0.717) is 5.69 Å². The van der Waals surface area contributed by atoms with Gasteiger partial charge in [-0.2, -0.15) is 13.2 Å². The molecule has 9 heteroatoms. The highest BCUT2D eigenvalue weighted by Crippen LogP contribution is 2.41. The van der Waals surface area contributed by atoms with Crippen LogP contribution in [0.15, 0.2) is 0 Å². The fraction of sp³-hybridized carbons (Fsp3) is 0.700. The maximum absolute atomic E-state index is 11.9. The molecule has 0 aromatic carbocycles. The number of hydrogen-bond acceptors (Lipinski definition) is 4.